The van der Waals surface area contributed by atoms with Gasteiger partial charge in [-0.3, -0.25) is 9.59 Å². The molecule has 29 heavy (non-hydrogen) atoms. The summed E-state index contributed by atoms with van der Waals surface area (Å²) in [7, 11) is 1.75. The topological polar surface area (TPSA) is 78.0 Å². The molecule has 0 aliphatic heterocycles. The van der Waals surface area contributed by atoms with Crippen molar-refractivity contribution in [3.05, 3.63) is 76.7 Å². The Hall–Kier alpha value is -3.94. The third kappa shape index (κ3) is 2.46. The molecular weight excluding hydrogens is 380 g/mol. The van der Waals surface area contributed by atoms with Gasteiger partial charge in [-0.2, -0.15) is 9.97 Å². The highest BCUT2D eigenvalue weighted by Gasteiger charge is 2.38. The first kappa shape index (κ1) is 17.2. The summed E-state index contributed by atoms with van der Waals surface area (Å²) < 4.78 is 35.2. The standard InChI is InChI=1S/C21H11F2N3O3/c1-26-19(10-5-3-2-4-6-10)25-21-20(26)24-14(29-21)9-11-17(27)15-12(22)7-8-13(23)16(15)18(11)28/h2-9H,1H3. The maximum Gasteiger partial charge on any atom is 0.267 e. The van der Waals surface area contributed by atoms with Crippen LogP contribution in [0.2, 0.25) is 0 Å². The Bertz CT molecular complexity index is 1320. The normalized spacial score (nSPS) is 13.4. The van der Waals surface area contributed by atoms with Gasteiger partial charge in [0, 0.05) is 18.7 Å². The lowest BCUT2D eigenvalue weighted by molar-refractivity contribution is 0.0988. The van der Waals surface area contributed by atoms with Crippen LogP contribution in [0.25, 0.3) is 28.8 Å². The van der Waals surface area contributed by atoms with E-state index in [0.29, 0.717) is 11.5 Å². The molecule has 8 heteroatoms. The lowest BCUT2D eigenvalue weighted by Crippen LogP contribution is -2.01. The second-order valence-corrected chi connectivity index (χ2v) is 6.54. The number of hydrogen-bond acceptors (Lipinski definition) is 5. The molecule has 4 aromatic rings. The van der Waals surface area contributed by atoms with E-state index in [4.69, 9.17) is 4.42 Å². The number of aryl methyl sites for hydroxylation is 1. The fourth-order valence-corrected chi connectivity index (χ4v) is 3.41. The number of ketones is 2. The van der Waals surface area contributed by atoms with Gasteiger partial charge in [-0.15, -0.1) is 0 Å². The van der Waals surface area contributed by atoms with Gasteiger partial charge in [-0.05, 0) is 12.1 Å². The van der Waals surface area contributed by atoms with Crippen LogP contribution in [-0.2, 0) is 7.05 Å². The average molecular weight is 391 g/mol. The first-order chi connectivity index (χ1) is 14.0. The molecule has 1 aliphatic rings. The number of rotatable bonds is 2. The Labute approximate surface area is 162 Å². The third-order valence-electron chi connectivity index (χ3n) is 4.80. The number of hydrogen-bond donors (Lipinski definition) is 0. The molecule has 0 spiro atoms. The first-order valence-electron chi connectivity index (χ1n) is 8.63. The molecule has 0 amide bonds. The summed E-state index contributed by atoms with van der Waals surface area (Å²) in [5.41, 5.74) is -0.0531. The minimum atomic E-state index is -0.949. The van der Waals surface area contributed by atoms with E-state index in [2.05, 4.69) is 9.97 Å². The van der Waals surface area contributed by atoms with E-state index in [1.54, 1.807) is 11.6 Å². The van der Waals surface area contributed by atoms with E-state index in [1.165, 1.54) is 0 Å². The van der Waals surface area contributed by atoms with Gasteiger partial charge in [-0.25, -0.2) is 8.78 Å². The molecule has 0 saturated carbocycles. The summed E-state index contributed by atoms with van der Waals surface area (Å²) in [5, 5.41) is 0. The number of benzene rings is 2. The minimum absolute atomic E-state index is 0.0527. The first-order valence-corrected chi connectivity index (χ1v) is 8.63. The Morgan fingerprint density at radius 2 is 1.55 bits per heavy atom. The molecule has 6 nitrogen and oxygen atoms in total. The number of oxazole rings is 1. The predicted octanol–water partition coefficient (Wildman–Crippen LogP) is 3.97. The van der Waals surface area contributed by atoms with Gasteiger partial charge < -0.3 is 8.98 Å². The van der Waals surface area contributed by atoms with Gasteiger partial charge in [0.25, 0.3) is 5.71 Å². The summed E-state index contributed by atoms with van der Waals surface area (Å²) in [5.74, 6) is -3.12. The zero-order valence-electron chi connectivity index (χ0n) is 14.9. The second-order valence-electron chi connectivity index (χ2n) is 6.54. The molecule has 0 unspecified atom stereocenters. The second kappa shape index (κ2) is 6.03. The van der Waals surface area contributed by atoms with Crippen molar-refractivity contribution in [2.75, 3.05) is 0 Å². The molecule has 5 rings (SSSR count). The zero-order chi connectivity index (χ0) is 20.3. The van der Waals surface area contributed by atoms with Crippen LogP contribution in [0.1, 0.15) is 26.6 Å². The molecule has 0 fully saturated rings. The summed E-state index contributed by atoms with van der Waals surface area (Å²) in [6, 6.07) is 11.1. The molecule has 0 saturated heterocycles. The van der Waals surface area contributed by atoms with Crippen LogP contribution in [0.3, 0.4) is 0 Å². The highest BCUT2D eigenvalue weighted by molar-refractivity contribution is 6.41. The number of aromatic nitrogens is 3. The van der Waals surface area contributed by atoms with Gasteiger partial charge in [-0.1, -0.05) is 30.3 Å². The van der Waals surface area contributed by atoms with Crippen LogP contribution < -0.4 is 0 Å². The number of carbonyl (C=O) groups excluding carboxylic acids is 2. The minimum Gasteiger partial charge on any atom is -0.417 e. The summed E-state index contributed by atoms with van der Waals surface area (Å²) >= 11 is 0. The number of carbonyl (C=O) groups is 2. The highest BCUT2D eigenvalue weighted by Crippen LogP contribution is 2.32. The molecule has 0 bridgehead atoms. The number of allylic oxidation sites excluding steroid dienone is 1. The summed E-state index contributed by atoms with van der Waals surface area (Å²) in [6.07, 6.45) is 1.09. The largest absolute Gasteiger partial charge is 0.417 e. The van der Waals surface area contributed by atoms with Crippen molar-refractivity contribution in [2.45, 2.75) is 0 Å². The molecule has 2 heterocycles. The lowest BCUT2D eigenvalue weighted by atomic mass is 10.1. The summed E-state index contributed by atoms with van der Waals surface area (Å²) in [4.78, 5) is 33.6. The maximum absolute atomic E-state index is 14.0. The van der Waals surface area contributed by atoms with Crippen LogP contribution in [0, 0.1) is 11.6 Å². The van der Waals surface area contributed by atoms with Crippen molar-refractivity contribution in [1.29, 1.82) is 0 Å². The van der Waals surface area contributed by atoms with Crippen molar-refractivity contribution in [3.8, 4) is 11.4 Å². The molecule has 142 valence electrons. The van der Waals surface area contributed by atoms with Gasteiger partial charge in [0.15, 0.2) is 0 Å². The van der Waals surface area contributed by atoms with Crippen molar-refractivity contribution in [2.24, 2.45) is 7.05 Å². The zero-order valence-corrected chi connectivity index (χ0v) is 14.9. The molecule has 0 atom stereocenters. The van der Waals surface area contributed by atoms with Crippen LogP contribution in [0.4, 0.5) is 8.78 Å². The average Bonchev–Trinajstić information content (AvgIpc) is 3.33. The fraction of sp³-hybridized carbons (Fsp3) is 0.0476. The molecule has 2 aromatic heterocycles. The number of fused-ring (bicyclic) bond motifs is 2. The highest BCUT2D eigenvalue weighted by atomic mass is 19.1. The Balaban J connectivity index is 1.58. The molecule has 1 aliphatic carbocycles. The van der Waals surface area contributed by atoms with Gasteiger partial charge in [0.05, 0.1) is 16.7 Å². The predicted molar refractivity (Wildman–Crippen MR) is 99.2 cm³/mol. The van der Waals surface area contributed by atoms with Crippen molar-refractivity contribution in [1.82, 2.24) is 14.5 Å². The van der Waals surface area contributed by atoms with Crippen LogP contribution in [0.15, 0.2) is 52.5 Å². The number of nitrogens with zero attached hydrogens (tertiary/aromatic N) is 3. The number of imidazole rings is 1. The third-order valence-corrected chi connectivity index (χ3v) is 4.80. The molecule has 2 aromatic carbocycles. The van der Waals surface area contributed by atoms with Crippen molar-refractivity contribution >= 4 is 29.0 Å². The van der Waals surface area contributed by atoms with Gasteiger partial charge >= 0.3 is 0 Å². The van der Waals surface area contributed by atoms with Gasteiger partial charge in [0.1, 0.15) is 17.5 Å². The Morgan fingerprint density at radius 1 is 0.931 bits per heavy atom. The Kier molecular flexibility index (Phi) is 3.57. The number of Topliss-reactive ketones (excluding diaryl/α,β-unsaturated/α-hetero) is 2. The Morgan fingerprint density at radius 3 is 2.14 bits per heavy atom. The smallest absolute Gasteiger partial charge is 0.267 e. The van der Waals surface area contributed by atoms with Crippen LogP contribution in [0.5, 0.6) is 0 Å². The number of halogens is 2. The van der Waals surface area contributed by atoms with E-state index >= 15 is 0 Å². The van der Waals surface area contributed by atoms with E-state index in [0.717, 1.165) is 23.8 Å². The molecule has 0 N–H and O–H groups in total. The van der Waals surface area contributed by atoms with Crippen LogP contribution in [-0.4, -0.2) is 26.1 Å². The maximum atomic E-state index is 14.0. The fourth-order valence-electron chi connectivity index (χ4n) is 3.41. The lowest BCUT2D eigenvalue weighted by Gasteiger charge is -2.00. The van der Waals surface area contributed by atoms with Crippen molar-refractivity contribution in [3.63, 3.8) is 0 Å². The van der Waals surface area contributed by atoms with Crippen LogP contribution >= 0.6 is 0 Å². The molecule has 0 radical (unpaired) electrons. The SMILES string of the molecule is Cn1c(-c2ccccc2)nc2oc(C=C3C(=O)c4c(F)ccc(F)c4C3=O)nc21. The van der Waals surface area contributed by atoms with E-state index in [-0.39, 0.29) is 11.6 Å². The van der Waals surface area contributed by atoms with Gasteiger partial charge in [0.2, 0.25) is 23.1 Å². The van der Waals surface area contributed by atoms with E-state index in [1.807, 2.05) is 30.3 Å². The monoisotopic (exact) mass is 391 g/mol. The summed E-state index contributed by atoms with van der Waals surface area (Å²) in [6.45, 7) is 0. The quantitative estimate of drug-likeness (QED) is 0.382. The molecular formula is C21H11F2N3O3. The van der Waals surface area contributed by atoms with E-state index < -0.39 is 39.9 Å². The van der Waals surface area contributed by atoms with Crippen molar-refractivity contribution < 1.29 is 22.8 Å². The van der Waals surface area contributed by atoms with E-state index in [9.17, 15) is 18.4 Å².